The standard InChI is InChI=1S/C17H27N3O4S/c1-15-3-5-16(6-4-15)25(22,23)20(13-14-24-2)10-7-17(21)19-11-8-18-9-12-19/h3-6,18H,7-14H2,1-2H3. The Bertz CT molecular complexity index is 655. The summed E-state index contributed by atoms with van der Waals surface area (Å²) in [6, 6.07) is 6.74. The lowest BCUT2D eigenvalue weighted by molar-refractivity contribution is -0.131. The first-order valence-corrected chi connectivity index (χ1v) is 9.93. The maximum atomic E-state index is 12.9. The molecule has 140 valence electrons. The minimum absolute atomic E-state index is 0.0111. The molecule has 1 aromatic carbocycles. The molecule has 1 heterocycles. The van der Waals surface area contributed by atoms with Crippen molar-refractivity contribution in [3.05, 3.63) is 29.8 Å². The van der Waals surface area contributed by atoms with E-state index in [9.17, 15) is 13.2 Å². The number of methoxy groups -OCH3 is 1. The molecule has 1 aliphatic heterocycles. The van der Waals surface area contributed by atoms with Crippen LogP contribution < -0.4 is 5.32 Å². The van der Waals surface area contributed by atoms with E-state index in [4.69, 9.17) is 4.74 Å². The van der Waals surface area contributed by atoms with Crippen molar-refractivity contribution in [2.75, 3.05) is 53.0 Å². The van der Waals surface area contributed by atoms with Crippen LogP contribution in [-0.2, 0) is 19.6 Å². The molecule has 8 heteroatoms. The average molecular weight is 369 g/mol. The Morgan fingerprint density at radius 3 is 2.44 bits per heavy atom. The Balaban J connectivity index is 2.06. The van der Waals surface area contributed by atoms with E-state index in [1.807, 2.05) is 6.92 Å². The highest BCUT2D eigenvalue weighted by Crippen LogP contribution is 2.17. The summed E-state index contributed by atoms with van der Waals surface area (Å²) in [6.07, 6.45) is 0.175. The number of nitrogens with one attached hydrogen (secondary N) is 1. The summed E-state index contributed by atoms with van der Waals surface area (Å²) in [5, 5.41) is 3.20. The third-order valence-corrected chi connectivity index (χ3v) is 6.16. The van der Waals surface area contributed by atoms with Gasteiger partial charge >= 0.3 is 0 Å². The first-order chi connectivity index (χ1) is 11.9. The summed E-state index contributed by atoms with van der Waals surface area (Å²) >= 11 is 0. The molecule has 1 aromatic rings. The Labute approximate surface area is 150 Å². The van der Waals surface area contributed by atoms with Crippen molar-refractivity contribution in [3.63, 3.8) is 0 Å². The van der Waals surface area contributed by atoms with Crippen LogP contribution in [0.25, 0.3) is 0 Å². The number of amides is 1. The van der Waals surface area contributed by atoms with Gasteiger partial charge in [0.1, 0.15) is 0 Å². The van der Waals surface area contributed by atoms with E-state index in [1.54, 1.807) is 29.2 Å². The summed E-state index contributed by atoms with van der Waals surface area (Å²) < 4.78 is 32.1. The van der Waals surface area contributed by atoms with Crippen molar-refractivity contribution < 1.29 is 17.9 Å². The van der Waals surface area contributed by atoms with Gasteiger partial charge in [0.05, 0.1) is 11.5 Å². The molecule has 1 amide bonds. The van der Waals surface area contributed by atoms with Crippen LogP contribution in [0.1, 0.15) is 12.0 Å². The summed E-state index contributed by atoms with van der Waals surface area (Å²) in [7, 11) is -2.12. The van der Waals surface area contributed by atoms with E-state index in [0.29, 0.717) is 13.1 Å². The fourth-order valence-electron chi connectivity index (χ4n) is 2.70. The molecule has 0 saturated carbocycles. The van der Waals surface area contributed by atoms with Crippen LogP contribution in [0, 0.1) is 6.92 Å². The summed E-state index contributed by atoms with van der Waals surface area (Å²) in [4.78, 5) is 14.4. The molecule has 0 spiro atoms. The van der Waals surface area contributed by atoms with Gasteiger partial charge in [-0.3, -0.25) is 4.79 Å². The highest BCUT2D eigenvalue weighted by Gasteiger charge is 2.26. The lowest BCUT2D eigenvalue weighted by atomic mass is 10.2. The minimum atomic E-state index is -3.65. The number of benzene rings is 1. The van der Waals surface area contributed by atoms with Gasteiger partial charge in [0.25, 0.3) is 0 Å². The van der Waals surface area contributed by atoms with Crippen LogP contribution in [0.4, 0.5) is 0 Å². The zero-order valence-electron chi connectivity index (χ0n) is 14.9. The molecule has 0 aromatic heterocycles. The molecule has 0 atom stereocenters. The van der Waals surface area contributed by atoms with Gasteiger partial charge in [0.2, 0.25) is 15.9 Å². The largest absolute Gasteiger partial charge is 0.383 e. The van der Waals surface area contributed by atoms with Gasteiger partial charge in [-0.1, -0.05) is 17.7 Å². The van der Waals surface area contributed by atoms with Crippen molar-refractivity contribution in [1.29, 1.82) is 0 Å². The second kappa shape index (κ2) is 9.28. The number of piperazine rings is 1. The molecule has 0 aliphatic carbocycles. The number of sulfonamides is 1. The smallest absolute Gasteiger partial charge is 0.243 e. The summed E-state index contributed by atoms with van der Waals surface area (Å²) in [5.74, 6) is -0.0111. The Hall–Kier alpha value is -1.48. The molecule has 1 N–H and O–H groups in total. The molecule has 1 saturated heterocycles. The van der Waals surface area contributed by atoms with Gasteiger partial charge in [-0.25, -0.2) is 8.42 Å². The quantitative estimate of drug-likeness (QED) is 0.720. The maximum absolute atomic E-state index is 12.9. The van der Waals surface area contributed by atoms with Crippen molar-refractivity contribution in [1.82, 2.24) is 14.5 Å². The lowest BCUT2D eigenvalue weighted by Gasteiger charge is -2.28. The van der Waals surface area contributed by atoms with Gasteiger partial charge in [0.15, 0.2) is 0 Å². The molecule has 1 fully saturated rings. The van der Waals surface area contributed by atoms with Gasteiger partial charge < -0.3 is 15.0 Å². The molecule has 0 radical (unpaired) electrons. The highest BCUT2D eigenvalue weighted by atomic mass is 32.2. The zero-order chi connectivity index (χ0) is 18.3. The highest BCUT2D eigenvalue weighted by molar-refractivity contribution is 7.89. The number of rotatable bonds is 8. The first-order valence-electron chi connectivity index (χ1n) is 8.49. The number of carbonyl (C=O) groups is 1. The Morgan fingerprint density at radius 2 is 1.84 bits per heavy atom. The molecule has 2 rings (SSSR count). The number of hydrogen-bond donors (Lipinski definition) is 1. The van der Waals surface area contributed by atoms with E-state index in [2.05, 4.69) is 5.32 Å². The SMILES string of the molecule is COCCN(CCC(=O)N1CCNCC1)S(=O)(=O)c1ccc(C)cc1. The van der Waals surface area contributed by atoms with Crippen LogP contribution in [0.2, 0.25) is 0 Å². The first kappa shape index (κ1) is 19.8. The summed E-state index contributed by atoms with van der Waals surface area (Å²) in [5.41, 5.74) is 0.997. The topological polar surface area (TPSA) is 79.0 Å². The average Bonchev–Trinajstić information content (AvgIpc) is 2.62. The van der Waals surface area contributed by atoms with E-state index in [0.717, 1.165) is 18.7 Å². The minimum Gasteiger partial charge on any atom is -0.383 e. The third kappa shape index (κ3) is 5.50. The molecule has 0 bridgehead atoms. The molecule has 0 unspecified atom stereocenters. The van der Waals surface area contributed by atoms with Crippen LogP contribution in [0.5, 0.6) is 0 Å². The third-order valence-electron chi connectivity index (χ3n) is 4.25. The fraction of sp³-hybridized carbons (Fsp3) is 0.588. The molecular formula is C17H27N3O4S. The molecule has 7 nitrogen and oxygen atoms in total. The summed E-state index contributed by atoms with van der Waals surface area (Å²) in [6.45, 7) is 5.47. The van der Waals surface area contributed by atoms with E-state index in [1.165, 1.54) is 11.4 Å². The van der Waals surface area contributed by atoms with Crippen LogP contribution in [-0.4, -0.2) is 76.5 Å². The zero-order valence-corrected chi connectivity index (χ0v) is 15.7. The van der Waals surface area contributed by atoms with Crippen LogP contribution >= 0.6 is 0 Å². The van der Waals surface area contributed by atoms with E-state index in [-0.39, 0.29) is 36.9 Å². The van der Waals surface area contributed by atoms with Crippen molar-refractivity contribution in [3.8, 4) is 0 Å². The van der Waals surface area contributed by atoms with Gasteiger partial charge in [0, 0.05) is 52.8 Å². The number of ether oxygens (including phenoxy) is 1. The number of aryl methyl sites for hydroxylation is 1. The number of nitrogens with zero attached hydrogens (tertiary/aromatic N) is 2. The number of carbonyl (C=O) groups excluding carboxylic acids is 1. The van der Waals surface area contributed by atoms with Crippen molar-refractivity contribution in [2.24, 2.45) is 0 Å². The van der Waals surface area contributed by atoms with E-state index >= 15 is 0 Å². The van der Waals surface area contributed by atoms with Gasteiger partial charge in [-0.05, 0) is 19.1 Å². The second-order valence-electron chi connectivity index (χ2n) is 6.09. The lowest BCUT2D eigenvalue weighted by Crippen LogP contribution is -2.47. The Morgan fingerprint density at radius 1 is 1.20 bits per heavy atom. The second-order valence-corrected chi connectivity index (χ2v) is 8.03. The van der Waals surface area contributed by atoms with Crippen molar-refractivity contribution >= 4 is 15.9 Å². The molecule has 1 aliphatic rings. The predicted octanol–water partition coefficient (Wildman–Crippen LogP) is 0.454. The van der Waals surface area contributed by atoms with Crippen LogP contribution in [0.3, 0.4) is 0 Å². The Kier molecular flexibility index (Phi) is 7.37. The van der Waals surface area contributed by atoms with E-state index < -0.39 is 10.0 Å². The predicted molar refractivity (Wildman–Crippen MR) is 95.9 cm³/mol. The maximum Gasteiger partial charge on any atom is 0.243 e. The van der Waals surface area contributed by atoms with Crippen molar-refractivity contribution in [2.45, 2.75) is 18.2 Å². The van der Waals surface area contributed by atoms with Crippen LogP contribution in [0.15, 0.2) is 29.2 Å². The number of hydrogen-bond acceptors (Lipinski definition) is 5. The molecular weight excluding hydrogens is 342 g/mol. The fourth-order valence-corrected chi connectivity index (χ4v) is 4.12. The van der Waals surface area contributed by atoms with Gasteiger partial charge in [-0.2, -0.15) is 4.31 Å². The monoisotopic (exact) mass is 369 g/mol. The normalized spacial score (nSPS) is 15.6. The molecule has 25 heavy (non-hydrogen) atoms. The van der Waals surface area contributed by atoms with Gasteiger partial charge in [-0.15, -0.1) is 0 Å².